The fourth-order valence-electron chi connectivity index (χ4n) is 2.12. The number of carbonyl (C=O) groups excluding carboxylic acids is 1. The largest absolute Gasteiger partial charge is 0.367 e. The fraction of sp³-hybridized carbons (Fsp3) is 0.474. The van der Waals surface area contributed by atoms with Gasteiger partial charge in [-0.2, -0.15) is 0 Å². The first-order valence-electron chi connectivity index (χ1n) is 8.11. The standard InChI is InChI=1S/C19H27N3O/c1-17(8-5-4-6-12-21-16-23)15-22(3)18(2)10-11-19-9-7-13-20-14-19/h7,9,13-16,18H,4-6,8,12H2,1-3H3,(H,21,23)/b17-15+. The smallest absolute Gasteiger partial charge is 0.207 e. The van der Waals surface area contributed by atoms with Crippen molar-refractivity contribution in [2.24, 2.45) is 0 Å². The number of amides is 1. The highest BCUT2D eigenvalue weighted by atomic mass is 16.1. The van der Waals surface area contributed by atoms with Crippen LogP contribution >= 0.6 is 0 Å². The molecule has 4 heteroatoms. The van der Waals surface area contributed by atoms with Crippen molar-refractivity contribution in [3.05, 3.63) is 41.9 Å². The molecule has 0 aliphatic carbocycles. The van der Waals surface area contributed by atoms with Gasteiger partial charge in [-0.05, 0) is 51.4 Å². The van der Waals surface area contributed by atoms with E-state index in [0.29, 0.717) is 0 Å². The van der Waals surface area contributed by atoms with Crippen LogP contribution in [0.4, 0.5) is 0 Å². The summed E-state index contributed by atoms with van der Waals surface area (Å²) in [5, 5.41) is 2.69. The second kappa shape index (κ2) is 11.3. The number of nitrogens with zero attached hydrogens (tertiary/aromatic N) is 2. The third kappa shape index (κ3) is 8.67. The first kappa shape index (κ1) is 18.8. The van der Waals surface area contributed by atoms with E-state index in [4.69, 9.17) is 0 Å². The molecule has 0 fully saturated rings. The lowest BCUT2D eigenvalue weighted by molar-refractivity contribution is -0.109. The number of pyridine rings is 1. The highest BCUT2D eigenvalue weighted by molar-refractivity contribution is 5.45. The molecule has 1 atom stereocenters. The molecular weight excluding hydrogens is 286 g/mol. The van der Waals surface area contributed by atoms with Crippen LogP contribution in [-0.4, -0.2) is 35.9 Å². The number of allylic oxidation sites excluding steroid dienone is 1. The van der Waals surface area contributed by atoms with E-state index in [-0.39, 0.29) is 6.04 Å². The van der Waals surface area contributed by atoms with Crippen molar-refractivity contribution < 1.29 is 4.79 Å². The number of hydrogen-bond donors (Lipinski definition) is 1. The predicted octanol–water partition coefficient (Wildman–Crippen LogP) is 2.96. The molecule has 1 N–H and O–H groups in total. The van der Waals surface area contributed by atoms with Gasteiger partial charge in [0.1, 0.15) is 0 Å². The first-order valence-corrected chi connectivity index (χ1v) is 8.11. The molecule has 124 valence electrons. The lowest BCUT2D eigenvalue weighted by Crippen LogP contribution is -2.22. The number of unbranched alkanes of at least 4 members (excludes halogenated alkanes) is 2. The second-order valence-electron chi connectivity index (χ2n) is 5.71. The maximum Gasteiger partial charge on any atom is 0.207 e. The van der Waals surface area contributed by atoms with Crippen molar-refractivity contribution in [2.75, 3.05) is 13.6 Å². The number of aromatic nitrogens is 1. The van der Waals surface area contributed by atoms with Gasteiger partial charge in [-0.15, -0.1) is 0 Å². The van der Waals surface area contributed by atoms with E-state index in [1.165, 1.54) is 5.57 Å². The van der Waals surface area contributed by atoms with Crippen LogP contribution in [0.1, 0.15) is 45.1 Å². The monoisotopic (exact) mass is 313 g/mol. The first-order chi connectivity index (χ1) is 11.1. The van der Waals surface area contributed by atoms with Gasteiger partial charge in [-0.25, -0.2) is 0 Å². The quantitative estimate of drug-likeness (QED) is 0.433. The molecule has 1 aromatic rings. The Hall–Kier alpha value is -2.28. The Labute approximate surface area is 140 Å². The molecule has 0 saturated carbocycles. The maximum absolute atomic E-state index is 10.1. The van der Waals surface area contributed by atoms with Gasteiger partial charge in [0.05, 0.1) is 6.04 Å². The number of hydrogen-bond acceptors (Lipinski definition) is 3. The van der Waals surface area contributed by atoms with E-state index in [0.717, 1.165) is 44.2 Å². The molecule has 4 nitrogen and oxygen atoms in total. The Balaban J connectivity index is 2.36. The molecule has 0 aliphatic heterocycles. The molecule has 0 saturated heterocycles. The molecular formula is C19H27N3O. The minimum Gasteiger partial charge on any atom is -0.367 e. The van der Waals surface area contributed by atoms with Crippen LogP contribution in [0.5, 0.6) is 0 Å². The minimum atomic E-state index is 0.155. The van der Waals surface area contributed by atoms with Gasteiger partial charge in [0, 0.05) is 31.5 Å². The van der Waals surface area contributed by atoms with E-state index in [2.05, 4.69) is 54.1 Å². The van der Waals surface area contributed by atoms with Gasteiger partial charge in [0.2, 0.25) is 6.41 Å². The molecule has 1 aromatic heterocycles. The third-order valence-corrected chi connectivity index (χ3v) is 3.60. The number of carbonyl (C=O) groups is 1. The molecule has 0 aromatic carbocycles. The zero-order valence-corrected chi connectivity index (χ0v) is 14.4. The summed E-state index contributed by atoms with van der Waals surface area (Å²) in [6, 6.07) is 4.02. The van der Waals surface area contributed by atoms with Gasteiger partial charge in [-0.1, -0.05) is 23.8 Å². The van der Waals surface area contributed by atoms with Crippen LogP contribution in [0, 0.1) is 11.8 Å². The van der Waals surface area contributed by atoms with Gasteiger partial charge in [0.25, 0.3) is 0 Å². The summed E-state index contributed by atoms with van der Waals surface area (Å²) in [7, 11) is 2.06. The molecule has 23 heavy (non-hydrogen) atoms. The average molecular weight is 313 g/mol. The fourth-order valence-corrected chi connectivity index (χ4v) is 2.12. The van der Waals surface area contributed by atoms with E-state index in [1.54, 1.807) is 12.4 Å². The average Bonchev–Trinajstić information content (AvgIpc) is 2.56. The lowest BCUT2D eigenvalue weighted by Gasteiger charge is -2.19. The van der Waals surface area contributed by atoms with E-state index < -0.39 is 0 Å². The molecule has 1 heterocycles. The highest BCUT2D eigenvalue weighted by Gasteiger charge is 2.02. The van der Waals surface area contributed by atoms with Gasteiger partial charge in [-0.3, -0.25) is 9.78 Å². The zero-order valence-electron chi connectivity index (χ0n) is 14.4. The van der Waals surface area contributed by atoms with Crippen LogP contribution < -0.4 is 5.32 Å². The third-order valence-electron chi connectivity index (χ3n) is 3.60. The minimum absolute atomic E-state index is 0.155. The lowest BCUT2D eigenvalue weighted by atomic mass is 10.1. The van der Waals surface area contributed by atoms with Crippen LogP contribution in [0.3, 0.4) is 0 Å². The normalized spacial score (nSPS) is 12.0. The van der Waals surface area contributed by atoms with Crippen LogP contribution in [-0.2, 0) is 4.79 Å². The Bertz CT molecular complexity index is 543. The van der Waals surface area contributed by atoms with Crippen molar-refractivity contribution in [1.29, 1.82) is 0 Å². The Kier molecular flexibility index (Phi) is 9.23. The Morgan fingerprint density at radius 1 is 1.43 bits per heavy atom. The van der Waals surface area contributed by atoms with Gasteiger partial charge in [0.15, 0.2) is 0 Å². The SMILES string of the molecule is C/C(=C\N(C)C(C)C#Cc1cccnc1)CCCCCNC=O. The highest BCUT2D eigenvalue weighted by Crippen LogP contribution is 2.10. The van der Waals surface area contributed by atoms with Gasteiger partial charge >= 0.3 is 0 Å². The molecule has 1 unspecified atom stereocenters. The molecule has 0 aliphatic rings. The van der Waals surface area contributed by atoms with Crippen LogP contribution in [0.15, 0.2) is 36.3 Å². The van der Waals surface area contributed by atoms with E-state index in [9.17, 15) is 4.79 Å². The summed E-state index contributed by atoms with van der Waals surface area (Å²) in [6.07, 6.45) is 10.9. The number of nitrogens with one attached hydrogen (secondary N) is 1. The summed E-state index contributed by atoms with van der Waals surface area (Å²) >= 11 is 0. The van der Waals surface area contributed by atoms with Crippen molar-refractivity contribution in [3.63, 3.8) is 0 Å². The van der Waals surface area contributed by atoms with Crippen LogP contribution in [0.2, 0.25) is 0 Å². The van der Waals surface area contributed by atoms with Gasteiger partial charge < -0.3 is 10.2 Å². The summed E-state index contributed by atoms with van der Waals surface area (Å²) in [5.41, 5.74) is 2.29. The Morgan fingerprint density at radius 2 is 2.26 bits per heavy atom. The van der Waals surface area contributed by atoms with E-state index >= 15 is 0 Å². The molecule has 1 amide bonds. The van der Waals surface area contributed by atoms with Crippen LogP contribution in [0.25, 0.3) is 0 Å². The number of rotatable bonds is 9. The second-order valence-corrected chi connectivity index (χ2v) is 5.71. The summed E-state index contributed by atoms with van der Waals surface area (Å²) in [5.74, 6) is 6.40. The van der Waals surface area contributed by atoms with E-state index in [1.807, 2.05) is 12.1 Å². The molecule has 0 bridgehead atoms. The van der Waals surface area contributed by atoms with Crippen molar-refractivity contribution in [2.45, 2.75) is 45.6 Å². The zero-order chi connectivity index (χ0) is 16.9. The molecule has 0 spiro atoms. The topological polar surface area (TPSA) is 45.2 Å². The predicted molar refractivity (Wildman–Crippen MR) is 94.6 cm³/mol. The van der Waals surface area contributed by atoms with Crippen molar-refractivity contribution in [1.82, 2.24) is 15.2 Å². The summed E-state index contributed by atoms with van der Waals surface area (Å²) in [4.78, 5) is 16.3. The maximum atomic E-state index is 10.1. The molecule has 0 radical (unpaired) electrons. The summed E-state index contributed by atoms with van der Waals surface area (Å²) < 4.78 is 0. The Morgan fingerprint density at radius 3 is 2.96 bits per heavy atom. The summed E-state index contributed by atoms with van der Waals surface area (Å²) in [6.45, 7) is 5.02. The molecule has 1 rings (SSSR count). The van der Waals surface area contributed by atoms with Crippen molar-refractivity contribution >= 4 is 6.41 Å². The van der Waals surface area contributed by atoms with Crippen molar-refractivity contribution in [3.8, 4) is 11.8 Å².